The lowest BCUT2D eigenvalue weighted by molar-refractivity contribution is -0.274. The maximum atomic E-state index is 14.6. The number of carbonyl (C=O) groups excluding carboxylic acids is 1. The van der Waals surface area contributed by atoms with Crippen molar-refractivity contribution in [1.29, 1.82) is 0 Å². The summed E-state index contributed by atoms with van der Waals surface area (Å²) in [7, 11) is 1.19. The molecule has 2 heterocycles. The van der Waals surface area contributed by atoms with Crippen molar-refractivity contribution in [2.45, 2.75) is 38.7 Å². The van der Waals surface area contributed by atoms with Crippen LogP contribution in [0.4, 0.5) is 17.6 Å². The Hall–Kier alpha value is -2.85. The average molecular weight is 500 g/mol. The van der Waals surface area contributed by atoms with Crippen molar-refractivity contribution >= 4 is 28.5 Å². The number of likely N-dealkylation sites (tertiary alicyclic amines) is 1. The molecule has 1 saturated heterocycles. The predicted octanol–water partition coefficient (Wildman–Crippen LogP) is 5.83. The Morgan fingerprint density at radius 3 is 2.65 bits per heavy atom. The minimum atomic E-state index is -4.81. The molecule has 0 spiro atoms. The lowest BCUT2D eigenvalue weighted by Gasteiger charge is -2.25. The number of benzene rings is 2. The number of methoxy groups -OCH3 is 1. The highest BCUT2D eigenvalue weighted by molar-refractivity contribution is 6.30. The van der Waals surface area contributed by atoms with E-state index in [9.17, 15) is 22.4 Å². The fourth-order valence-electron chi connectivity index (χ4n) is 4.40. The smallest absolute Gasteiger partial charge is 0.465 e. The Balaban J connectivity index is 1.58. The molecule has 0 saturated carbocycles. The van der Waals surface area contributed by atoms with Crippen LogP contribution in [-0.2, 0) is 4.74 Å². The van der Waals surface area contributed by atoms with Gasteiger partial charge in [-0.25, -0.2) is 9.18 Å². The molecule has 6 nitrogen and oxygen atoms in total. The van der Waals surface area contributed by atoms with Gasteiger partial charge in [-0.1, -0.05) is 11.6 Å². The second-order valence-corrected chi connectivity index (χ2v) is 8.69. The van der Waals surface area contributed by atoms with E-state index in [4.69, 9.17) is 11.6 Å². The molecule has 1 fully saturated rings. The first-order valence-corrected chi connectivity index (χ1v) is 10.9. The maximum absolute atomic E-state index is 14.6. The summed E-state index contributed by atoms with van der Waals surface area (Å²) in [6.45, 7) is 4.85. The molecule has 2 atom stereocenters. The van der Waals surface area contributed by atoms with Crippen LogP contribution in [-0.4, -0.2) is 47.2 Å². The van der Waals surface area contributed by atoms with Gasteiger partial charge in [-0.2, -0.15) is 5.10 Å². The molecule has 0 bridgehead atoms. The first kappa shape index (κ1) is 24.3. The van der Waals surface area contributed by atoms with Crippen LogP contribution in [0.3, 0.4) is 0 Å². The van der Waals surface area contributed by atoms with Crippen LogP contribution in [0.1, 0.15) is 47.0 Å². The van der Waals surface area contributed by atoms with Crippen molar-refractivity contribution in [3.8, 4) is 5.75 Å². The van der Waals surface area contributed by atoms with E-state index < -0.39 is 18.1 Å². The quantitative estimate of drug-likeness (QED) is 0.326. The summed E-state index contributed by atoms with van der Waals surface area (Å²) in [5.41, 5.74) is 1.64. The summed E-state index contributed by atoms with van der Waals surface area (Å²) in [5.74, 6) is -1.83. The van der Waals surface area contributed by atoms with Crippen LogP contribution in [0.15, 0.2) is 30.3 Å². The van der Waals surface area contributed by atoms with Crippen LogP contribution in [0.2, 0.25) is 5.02 Å². The van der Waals surface area contributed by atoms with E-state index in [0.29, 0.717) is 41.7 Å². The molecule has 34 heavy (non-hydrogen) atoms. The van der Waals surface area contributed by atoms with E-state index in [1.807, 2.05) is 6.92 Å². The number of alkyl halides is 3. The molecule has 0 aliphatic carbocycles. The summed E-state index contributed by atoms with van der Waals surface area (Å²) in [4.78, 5) is 13.9. The zero-order valence-electron chi connectivity index (χ0n) is 18.6. The zero-order chi connectivity index (χ0) is 24.8. The topological polar surface area (TPSA) is 56.6 Å². The zero-order valence-corrected chi connectivity index (χ0v) is 19.4. The van der Waals surface area contributed by atoms with E-state index in [0.717, 1.165) is 6.07 Å². The number of aryl methyl sites for hydroxylation is 1. The van der Waals surface area contributed by atoms with Crippen LogP contribution in [0.5, 0.6) is 5.75 Å². The summed E-state index contributed by atoms with van der Waals surface area (Å²) in [6.07, 6.45) is -4.11. The lowest BCUT2D eigenvalue weighted by atomic mass is 10.1. The molecule has 0 N–H and O–H groups in total. The number of nitrogens with zero attached hydrogens (tertiary/aromatic N) is 3. The molecule has 0 radical (unpaired) electrons. The number of hydrogen-bond donors (Lipinski definition) is 0. The third-order valence-corrected chi connectivity index (χ3v) is 6.30. The van der Waals surface area contributed by atoms with Gasteiger partial charge in [-0.15, -0.1) is 13.2 Å². The number of hydrogen-bond acceptors (Lipinski definition) is 5. The highest BCUT2D eigenvalue weighted by Gasteiger charge is 2.33. The van der Waals surface area contributed by atoms with Gasteiger partial charge in [0.2, 0.25) is 0 Å². The summed E-state index contributed by atoms with van der Waals surface area (Å²) < 4.78 is 63.0. The van der Waals surface area contributed by atoms with Crippen molar-refractivity contribution in [3.05, 3.63) is 58.0 Å². The van der Waals surface area contributed by atoms with Gasteiger partial charge in [-0.05, 0) is 50.1 Å². The molecule has 1 aromatic heterocycles. The van der Waals surface area contributed by atoms with E-state index in [-0.39, 0.29) is 28.4 Å². The fraction of sp³-hybridized carbons (Fsp3) is 0.391. The summed E-state index contributed by atoms with van der Waals surface area (Å²) in [6, 6.07) is 6.45. The largest absolute Gasteiger partial charge is 0.573 e. The van der Waals surface area contributed by atoms with Gasteiger partial charge >= 0.3 is 12.3 Å². The van der Waals surface area contributed by atoms with Gasteiger partial charge in [0.05, 0.1) is 29.9 Å². The maximum Gasteiger partial charge on any atom is 0.573 e. The standard InChI is InChI=1S/C23H22ClF4N3O3/c1-12-18-9-19(22(32)33-3)20(25)10-21(18)31(29-12)16-4-5-30(11-16)13(2)14-6-15(24)8-17(7-14)34-23(26,27)28/h6-10,13,16H,4-5,11H2,1-3H3/t13-,16-/m1/s1. The van der Waals surface area contributed by atoms with Crippen LogP contribution in [0, 0.1) is 12.7 Å². The molecular formula is C23H22ClF4N3O3. The lowest BCUT2D eigenvalue weighted by Crippen LogP contribution is -2.25. The molecule has 0 unspecified atom stereocenters. The molecule has 182 valence electrons. The van der Waals surface area contributed by atoms with Crippen molar-refractivity contribution in [2.24, 2.45) is 0 Å². The van der Waals surface area contributed by atoms with Crippen molar-refractivity contribution < 1.29 is 31.8 Å². The minimum absolute atomic E-state index is 0.0906. The van der Waals surface area contributed by atoms with Crippen LogP contribution >= 0.6 is 11.6 Å². The number of rotatable bonds is 5. The van der Waals surface area contributed by atoms with Crippen molar-refractivity contribution in [3.63, 3.8) is 0 Å². The Morgan fingerprint density at radius 1 is 1.24 bits per heavy atom. The van der Waals surface area contributed by atoms with Crippen molar-refractivity contribution in [1.82, 2.24) is 14.7 Å². The van der Waals surface area contributed by atoms with E-state index in [2.05, 4.69) is 19.5 Å². The van der Waals surface area contributed by atoms with Crippen molar-refractivity contribution in [2.75, 3.05) is 20.2 Å². The molecule has 3 aromatic rings. The summed E-state index contributed by atoms with van der Waals surface area (Å²) >= 11 is 6.03. The Kier molecular flexibility index (Phi) is 6.48. The SMILES string of the molecule is COC(=O)c1cc2c(C)nn([C@@H]3CCN([C@H](C)c4cc(Cl)cc(OC(F)(F)F)c4)C3)c2cc1F. The fourth-order valence-corrected chi connectivity index (χ4v) is 4.64. The minimum Gasteiger partial charge on any atom is -0.465 e. The second-order valence-electron chi connectivity index (χ2n) is 8.25. The number of esters is 1. The Labute approximate surface area is 198 Å². The molecule has 4 rings (SSSR count). The van der Waals surface area contributed by atoms with Gasteiger partial charge in [-0.3, -0.25) is 9.58 Å². The van der Waals surface area contributed by atoms with E-state index in [1.54, 1.807) is 17.7 Å². The van der Waals surface area contributed by atoms with Gasteiger partial charge in [0.25, 0.3) is 0 Å². The third kappa shape index (κ3) is 4.83. The number of carbonyl (C=O) groups is 1. The Bertz CT molecular complexity index is 1240. The monoisotopic (exact) mass is 499 g/mol. The molecule has 2 aromatic carbocycles. The van der Waals surface area contributed by atoms with E-state index in [1.165, 1.54) is 25.3 Å². The number of halogens is 5. The van der Waals surface area contributed by atoms with Gasteiger partial charge in [0.15, 0.2) is 0 Å². The first-order chi connectivity index (χ1) is 16.0. The first-order valence-electron chi connectivity index (χ1n) is 10.5. The molecule has 11 heteroatoms. The second kappa shape index (κ2) is 9.07. The van der Waals surface area contributed by atoms with E-state index >= 15 is 0 Å². The normalized spacial score (nSPS) is 17.8. The van der Waals surface area contributed by atoms with Gasteiger partial charge < -0.3 is 9.47 Å². The Morgan fingerprint density at radius 2 is 1.97 bits per heavy atom. The average Bonchev–Trinajstić information content (AvgIpc) is 3.35. The molecule has 1 aliphatic heterocycles. The summed E-state index contributed by atoms with van der Waals surface area (Å²) in [5, 5.41) is 5.37. The van der Waals surface area contributed by atoms with Crippen LogP contribution < -0.4 is 4.74 Å². The molecular weight excluding hydrogens is 478 g/mol. The highest BCUT2D eigenvalue weighted by atomic mass is 35.5. The van der Waals surface area contributed by atoms with Crippen LogP contribution in [0.25, 0.3) is 10.9 Å². The number of aromatic nitrogens is 2. The molecule has 1 aliphatic rings. The third-order valence-electron chi connectivity index (χ3n) is 6.08. The number of fused-ring (bicyclic) bond motifs is 1. The van der Waals surface area contributed by atoms with Gasteiger partial charge in [0.1, 0.15) is 11.6 Å². The number of ether oxygens (including phenoxy) is 2. The van der Waals surface area contributed by atoms with Gasteiger partial charge in [0, 0.05) is 35.6 Å². The molecule has 0 amide bonds. The highest BCUT2D eigenvalue weighted by Crippen LogP contribution is 2.36. The predicted molar refractivity (Wildman–Crippen MR) is 118 cm³/mol.